The molecule has 0 radical (unpaired) electrons. The van der Waals surface area contributed by atoms with Crippen molar-refractivity contribution in [3.63, 3.8) is 0 Å². The minimum Gasteiger partial charge on any atom is -0.478 e. The molecule has 0 spiro atoms. The smallest absolute Gasteiger partial charge is 0.327 e. The number of carboxylic acids is 1. The molecule has 0 aromatic rings. The molecule has 0 fully saturated rings. The third kappa shape index (κ3) is 13.2. The normalized spacial score (nSPS) is 11.4. The second-order valence-electron chi connectivity index (χ2n) is 4.48. The topological polar surface area (TPSA) is 37.3 Å². The minimum atomic E-state index is -0.841. The number of allylic oxidation sites excluding steroid dienone is 1. The van der Waals surface area contributed by atoms with Gasteiger partial charge in [0.15, 0.2) is 0 Å². The molecule has 0 saturated heterocycles. The van der Waals surface area contributed by atoms with Crippen LogP contribution in [0.4, 0.5) is 0 Å². The van der Waals surface area contributed by atoms with Crippen molar-refractivity contribution in [2.24, 2.45) is 5.92 Å². The number of hydrogen-bond donors (Lipinski definition) is 1. The van der Waals surface area contributed by atoms with Gasteiger partial charge in [-0.3, -0.25) is 0 Å². The Balaban J connectivity index is 3.08. The molecule has 0 aliphatic carbocycles. The Kier molecular flexibility index (Phi) is 9.24. The molecular weight excluding hydrogens is 188 g/mol. The maximum Gasteiger partial charge on any atom is 0.327 e. The molecule has 0 unspecified atom stereocenters. The molecule has 0 aliphatic heterocycles. The largest absolute Gasteiger partial charge is 0.478 e. The van der Waals surface area contributed by atoms with Crippen LogP contribution in [-0.4, -0.2) is 11.1 Å². The summed E-state index contributed by atoms with van der Waals surface area (Å²) in [5, 5.41) is 8.35. The molecule has 2 heteroatoms. The zero-order valence-electron chi connectivity index (χ0n) is 10.0. The molecule has 0 saturated carbocycles. The Labute approximate surface area is 93.4 Å². The number of hydrogen-bond acceptors (Lipinski definition) is 1. The van der Waals surface area contributed by atoms with Gasteiger partial charge in [0.2, 0.25) is 0 Å². The van der Waals surface area contributed by atoms with E-state index >= 15 is 0 Å². The second kappa shape index (κ2) is 9.75. The van der Waals surface area contributed by atoms with Crippen LogP contribution in [0.15, 0.2) is 12.2 Å². The van der Waals surface area contributed by atoms with E-state index in [0.29, 0.717) is 0 Å². The Morgan fingerprint density at radius 1 is 1.13 bits per heavy atom. The van der Waals surface area contributed by atoms with Crippen LogP contribution in [0.3, 0.4) is 0 Å². The summed E-state index contributed by atoms with van der Waals surface area (Å²) >= 11 is 0. The third-order valence-electron chi connectivity index (χ3n) is 2.41. The maximum atomic E-state index is 10.2. The number of aliphatic carboxylic acids is 1. The highest BCUT2D eigenvalue weighted by molar-refractivity contribution is 5.79. The van der Waals surface area contributed by atoms with Crippen LogP contribution in [-0.2, 0) is 4.79 Å². The van der Waals surface area contributed by atoms with Crippen LogP contribution < -0.4 is 0 Å². The van der Waals surface area contributed by atoms with Gasteiger partial charge in [-0.25, -0.2) is 4.79 Å². The predicted octanol–water partition coefficient (Wildman–Crippen LogP) is 4.01. The highest BCUT2D eigenvalue weighted by atomic mass is 16.4. The number of unbranched alkanes of at least 4 members (excludes halogenated alkanes) is 5. The van der Waals surface area contributed by atoms with Crippen molar-refractivity contribution >= 4 is 5.97 Å². The third-order valence-corrected chi connectivity index (χ3v) is 2.41. The lowest BCUT2D eigenvalue weighted by molar-refractivity contribution is -0.131. The zero-order chi connectivity index (χ0) is 11.5. The first-order chi connectivity index (χ1) is 7.13. The molecule has 88 valence electrons. The van der Waals surface area contributed by atoms with Gasteiger partial charge in [0, 0.05) is 6.08 Å². The van der Waals surface area contributed by atoms with Crippen LogP contribution in [0.1, 0.15) is 58.8 Å². The first-order valence-corrected chi connectivity index (χ1v) is 6.02. The fourth-order valence-electron chi connectivity index (χ4n) is 1.53. The van der Waals surface area contributed by atoms with Crippen molar-refractivity contribution in [3.05, 3.63) is 12.2 Å². The van der Waals surface area contributed by atoms with E-state index in [0.717, 1.165) is 18.8 Å². The van der Waals surface area contributed by atoms with E-state index in [9.17, 15) is 4.79 Å². The lowest BCUT2D eigenvalue weighted by Crippen LogP contribution is -1.87. The quantitative estimate of drug-likeness (QED) is 0.463. The van der Waals surface area contributed by atoms with Crippen molar-refractivity contribution in [2.75, 3.05) is 0 Å². The molecule has 0 aliphatic rings. The van der Waals surface area contributed by atoms with Gasteiger partial charge < -0.3 is 5.11 Å². The first-order valence-electron chi connectivity index (χ1n) is 6.02. The molecule has 0 bridgehead atoms. The van der Waals surface area contributed by atoms with Gasteiger partial charge in [-0.05, 0) is 18.8 Å². The second-order valence-corrected chi connectivity index (χ2v) is 4.48. The Morgan fingerprint density at radius 3 is 2.33 bits per heavy atom. The van der Waals surface area contributed by atoms with Gasteiger partial charge in [-0.15, -0.1) is 0 Å². The average molecular weight is 212 g/mol. The van der Waals surface area contributed by atoms with Gasteiger partial charge in [-0.1, -0.05) is 52.0 Å². The molecule has 0 rings (SSSR count). The van der Waals surface area contributed by atoms with E-state index in [1.54, 1.807) is 6.08 Å². The summed E-state index contributed by atoms with van der Waals surface area (Å²) < 4.78 is 0. The van der Waals surface area contributed by atoms with Crippen LogP contribution in [0, 0.1) is 5.92 Å². The van der Waals surface area contributed by atoms with Gasteiger partial charge in [0.05, 0.1) is 0 Å². The summed E-state index contributed by atoms with van der Waals surface area (Å²) in [6.07, 6.45) is 11.5. The van der Waals surface area contributed by atoms with Crippen molar-refractivity contribution in [1.82, 2.24) is 0 Å². The number of rotatable bonds is 9. The number of carboxylic acid groups (broad SMARTS) is 1. The molecule has 0 amide bonds. The fraction of sp³-hybridized carbons (Fsp3) is 0.769. The van der Waals surface area contributed by atoms with E-state index in [4.69, 9.17) is 5.11 Å². The van der Waals surface area contributed by atoms with Crippen LogP contribution in [0.5, 0.6) is 0 Å². The van der Waals surface area contributed by atoms with Gasteiger partial charge in [-0.2, -0.15) is 0 Å². The first kappa shape index (κ1) is 14.2. The van der Waals surface area contributed by atoms with Crippen molar-refractivity contribution in [2.45, 2.75) is 58.8 Å². The van der Waals surface area contributed by atoms with E-state index in [1.165, 1.54) is 38.2 Å². The fourth-order valence-corrected chi connectivity index (χ4v) is 1.53. The number of carbonyl (C=O) groups is 1. The predicted molar refractivity (Wildman–Crippen MR) is 63.9 cm³/mol. The van der Waals surface area contributed by atoms with Crippen molar-refractivity contribution < 1.29 is 9.90 Å². The summed E-state index contributed by atoms with van der Waals surface area (Å²) in [7, 11) is 0. The lowest BCUT2D eigenvalue weighted by Gasteiger charge is -2.03. The van der Waals surface area contributed by atoms with Crippen molar-refractivity contribution in [3.8, 4) is 0 Å². The van der Waals surface area contributed by atoms with Crippen LogP contribution >= 0.6 is 0 Å². The van der Waals surface area contributed by atoms with Crippen molar-refractivity contribution in [1.29, 1.82) is 0 Å². The molecule has 15 heavy (non-hydrogen) atoms. The molecule has 0 aromatic carbocycles. The average Bonchev–Trinajstić information content (AvgIpc) is 2.14. The lowest BCUT2D eigenvalue weighted by atomic mass is 10.0. The Morgan fingerprint density at radius 2 is 1.73 bits per heavy atom. The monoisotopic (exact) mass is 212 g/mol. The van der Waals surface area contributed by atoms with Crippen LogP contribution in [0.25, 0.3) is 0 Å². The SMILES string of the molecule is CC(C)CCCCCCCC=CC(=O)O. The molecule has 0 aromatic heterocycles. The summed E-state index contributed by atoms with van der Waals surface area (Å²) in [6.45, 7) is 4.52. The highest BCUT2D eigenvalue weighted by Gasteiger charge is 1.94. The summed E-state index contributed by atoms with van der Waals surface area (Å²) in [5.74, 6) is -0.0181. The molecular formula is C13H24O2. The summed E-state index contributed by atoms with van der Waals surface area (Å²) in [4.78, 5) is 10.2. The maximum absolute atomic E-state index is 10.2. The highest BCUT2D eigenvalue weighted by Crippen LogP contribution is 2.11. The summed E-state index contributed by atoms with van der Waals surface area (Å²) in [6, 6.07) is 0. The zero-order valence-corrected chi connectivity index (χ0v) is 10.0. The van der Waals surface area contributed by atoms with E-state index in [2.05, 4.69) is 13.8 Å². The minimum absolute atomic E-state index is 0.823. The standard InChI is InChI=1S/C13H24O2/c1-12(2)10-8-6-4-3-5-7-9-11-13(14)15/h9,11-12H,3-8,10H2,1-2H3,(H,14,15). The van der Waals surface area contributed by atoms with Gasteiger partial charge >= 0.3 is 5.97 Å². The molecule has 1 N–H and O–H groups in total. The van der Waals surface area contributed by atoms with Gasteiger partial charge in [0.25, 0.3) is 0 Å². The van der Waals surface area contributed by atoms with E-state index in [-0.39, 0.29) is 0 Å². The molecule has 2 nitrogen and oxygen atoms in total. The van der Waals surface area contributed by atoms with E-state index in [1.807, 2.05) is 0 Å². The molecule has 0 atom stereocenters. The summed E-state index contributed by atoms with van der Waals surface area (Å²) in [5.41, 5.74) is 0. The Bertz CT molecular complexity index is 183. The van der Waals surface area contributed by atoms with Crippen LogP contribution in [0.2, 0.25) is 0 Å². The molecule has 0 heterocycles. The Hall–Kier alpha value is -0.790. The van der Waals surface area contributed by atoms with Gasteiger partial charge in [0.1, 0.15) is 0 Å². The van der Waals surface area contributed by atoms with E-state index < -0.39 is 5.97 Å².